The number of hydrogen-bond acceptors (Lipinski definition) is 6. The number of amides is 1. The lowest BCUT2D eigenvalue weighted by atomic mass is 10.1. The normalized spacial score (nSPS) is 14.7. The second kappa shape index (κ2) is 8.02. The summed E-state index contributed by atoms with van der Waals surface area (Å²) in [4.78, 5) is 26.3. The molecule has 7 heteroatoms. The van der Waals surface area contributed by atoms with E-state index in [1.165, 1.54) is 34.0 Å². The molecule has 1 atom stereocenters. The standard InChI is InChI=1S/C19H20N2O3S2/c1-11-8-9-25-16(11)19(23)24-12(2)17(22)21-18-14(10-20)13-6-4-3-5-7-15(13)26-18/h8-9,12H,3-7H2,1-2H3,(H,21,22). The molecule has 26 heavy (non-hydrogen) atoms. The van der Waals surface area contributed by atoms with Gasteiger partial charge in [-0.3, -0.25) is 4.79 Å². The van der Waals surface area contributed by atoms with Crippen LogP contribution in [0.25, 0.3) is 0 Å². The number of anilines is 1. The second-order valence-electron chi connectivity index (χ2n) is 6.35. The Morgan fingerprint density at radius 3 is 2.77 bits per heavy atom. The molecule has 0 fully saturated rings. The molecule has 136 valence electrons. The average Bonchev–Trinajstić information content (AvgIpc) is 3.10. The van der Waals surface area contributed by atoms with Crippen LogP contribution in [0.3, 0.4) is 0 Å². The molecule has 0 spiro atoms. The highest BCUT2D eigenvalue weighted by Gasteiger charge is 2.25. The number of nitrogens with zero attached hydrogens (tertiary/aromatic N) is 1. The Balaban J connectivity index is 1.71. The Hall–Kier alpha value is -2.17. The van der Waals surface area contributed by atoms with Gasteiger partial charge >= 0.3 is 5.97 Å². The minimum Gasteiger partial charge on any atom is -0.448 e. The molecular formula is C19H20N2O3S2. The molecule has 2 aromatic heterocycles. The highest BCUT2D eigenvalue weighted by Crippen LogP contribution is 2.37. The number of hydrogen-bond donors (Lipinski definition) is 1. The van der Waals surface area contributed by atoms with Crippen LogP contribution in [0.4, 0.5) is 5.00 Å². The summed E-state index contributed by atoms with van der Waals surface area (Å²) >= 11 is 2.77. The zero-order valence-corrected chi connectivity index (χ0v) is 16.4. The van der Waals surface area contributed by atoms with Crippen molar-refractivity contribution < 1.29 is 14.3 Å². The fourth-order valence-electron chi connectivity index (χ4n) is 3.01. The van der Waals surface area contributed by atoms with Crippen molar-refractivity contribution in [3.8, 4) is 6.07 Å². The molecule has 1 amide bonds. The van der Waals surface area contributed by atoms with E-state index in [1.54, 1.807) is 6.92 Å². The van der Waals surface area contributed by atoms with Crippen molar-refractivity contribution in [3.05, 3.63) is 37.9 Å². The SMILES string of the molecule is Cc1ccsc1C(=O)OC(C)C(=O)Nc1sc2c(c1C#N)CCCCC2. The molecule has 0 aliphatic heterocycles. The van der Waals surface area contributed by atoms with Crippen LogP contribution in [0.2, 0.25) is 0 Å². The van der Waals surface area contributed by atoms with Gasteiger partial charge in [0.05, 0.1) is 5.56 Å². The van der Waals surface area contributed by atoms with E-state index >= 15 is 0 Å². The summed E-state index contributed by atoms with van der Waals surface area (Å²) in [7, 11) is 0. The van der Waals surface area contributed by atoms with E-state index in [0.29, 0.717) is 15.4 Å². The maximum atomic E-state index is 12.5. The van der Waals surface area contributed by atoms with Crippen LogP contribution in [-0.2, 0) is 22.4 Å². The third-order valence-corrected chi connectivity index (χ3v) is 6.67. The number of aryl methyl sites for hydroxylation is 2. The van der Waals surface area contributed by atoms with Crippen molar-refractivity contribution in [2.75, 3.05) is 5.32 Å². The number of fused-ring (bicyclic) bond motifs is 1. The third kappa shape index (κ3) is 3.81. The smallest absolute Gasteiger partial charge is 0.349 e. The zero-order chi connectivity index (χ0) is 18.7. The van der Waals surface area contributed by atoms with E-state index in [1.807, 2.05) is 18.4 Å². The summed E-state index contributed by atoms with van der Waals surface area (Å²) in [5.74, 6) is -0.914. The van der Waals surface area contributed by atoms with Crippen molar-refractivity contribution >= 4 is 39.6 Å². The van der Waals surface area contributed by atoms with Gasteiger partial charge in [0.2, 0.25) is 0 Å². The summed E-state index contributed by atoms with van der Waals surface area (Å²) in [5.41, 5.74) is 2.47. The molecule has 2 aromatic rings. The highest BCUT2D eigenvalue weighted by atomic mass is 32.1. The van der Waals surface area contributed by atoms with Gasteiger partial charge in [-0.1, -0.05) is 6.42 Å². The minimum atomic E-state index is -0.933. The van der Waals surface area contributed by atoms with Crippen molar-refractivity contribution in [3.63, 3.8) is 0 Å². The van der Waals surface area contributed by atoms with E-state index in [-0.39, 0.29) is 0 Å². The van der Waals surface area contributed by atoms with Crippen molar-refractivity contribution in [2.24, 2.45) is 0 Å². The van der Waals surface area contributed by atoms with Crippen molar-refractivity contribution in [2.45, 2.75) is 52.1 Å². The molecule has 1 N–H and O–H groups in total. The number of rotatable bonds is 4. The molecule has 0 aromatic carbocycles. The van der Waals surface area contributed by atoms with Crippen LogP contribution in [0.1, 0.15) is 57.4 Å². The average molecular weight is 389 g/mol. The molecular weight excluding hydrogens is 368 g/mol. The van der Waals surface area contributed by atoms with Gasteiger partial charge in [0.25, 0.3) is 5.91 Å². The lowest BCUT2D eigenvalue weighted by Crippen LogP contribution is -2.29. The lowest BCUT2D eigenvalue weighted by Gasteiger charge is -2.13. The van der Waals surface area contributed by atoms with Gasteiger partial charge in [0.1, 0.15) is 15.9 Å². The van der Waals surface area contributed by atoms with Crippen molar-refractivity contribution in [1.29, 1.82) is 5.26 Å². The van der Waals surface area contributed by atoms with Gasteiger partial charge in [-0.05, 0) is 62.1 Å². The summed E-state index contributed by atoms with van der Waals surface area (Å²) in [6.45, 7) is 3.37. The Bertz CT molecular complexity index is 876. The molecule has 2 heterocycles. The first-order chi connectivity index (χ1) is 12.5. The first-order valence-electron chi connectivity index (χ1n) is 8.61. The number of ether oxygens (including phenoxy) is 1. The fraction of sp³-hybridized carbons (Fsp3) is 0.421. The number of nitriles is 1. The molecule has 0 bridgehead atoms. The van der Waals surface area contributed by atoms with Crippen LogP contribution < -0.4 is 5.32 Å². The van der Waals surface area contributed by atoms with Crippen LogP contribution in [0.5, 0.6) is 0 Å². The monoisotopic (exact) mass is 388 g/mol. The first-order valence-corrected chi connectivity index (χ1v) is 10.3. The Labute approximate surface area is 160 Å². The van der Waals surface area contributed by atoms with Gasteiger partial charge in [0, 0.05) is 4.88 Å². The number of thiophene rings is 2. The van der Waals surface area contributed by atoms with E-state index in [2.05, 4.69) is 11.4 Å². The molecule has 1 aliphatic carbocycles. The summed E-state index contributed by atoms with van der Waals surface area (Å²) in [6, 6.07) is 4.07. The van der Waals surface area contributed by atoms with Crippen LogP contribution in [0, 0.1) is 18.3 Å². The second-order valence-corrected chi connectivity index (χ2v) is 8.37. The van der Waals surface area contributed by atoms with E-state index in [0.717, 1.165) is 36.8 Å². The number of carbonyl (C=O) groups is 2. The molecule has 1 aliphatic rings. The summed E-state index contributed by atoms with van der Waals surface area (Å²) in [5, 5.41) is 14.7. The molecule has 0 radical (unpaired) electrons. The maximum Gasteiger partial charge on any atom is 0.349 e. The van der Waals surface area contributed by atoms with Gasteiger partial charge in [-0.2, -0.15) is 5.26 Å². The fourth-order valence-corrected chi connectivity index (χ4v) is 5.06. The van der Waals surface area contributed by atoms with E-state index in [9.17, 15) is 14.9 Å². The summed E-state index contributed by atoms with van der Waals surface area (Å²) in [6.07, 6.45) is 4.25. The number of nitrogens with one attached hydrogen (secondary N) is 1. The Kier molecular flexibility index (Phi) is 5.74. The lowest BCUT2D eigenvalue weighted by molar-refractivity contribution is -0.123. The molecule has 3 rings (SSSR count). The Morgan fingerprint density at radius 2 is 2.08 bits per heavy atom. The largest absolute Gasteiger partial charge is 0.448 e. The first kappa shape index (κ1) is 18.6. The zero-order valence-electron chi connectivity index (χ0n) is 14.8. The highest BCUT2D eigenvalue weighted by molar-refractivity contribution is 7.16. The van der Waals surface area contributed by atoms with Crippen LogP contribution in [0.15, 0.2) is 11.4 Å². The minimum absolute atomic E-state index is 0.416. The predicted octanol–water partition coefficient (Wildman–Crippen LogP) is 4.44. The van der Waals surface area contributed by atoms with E-state index in [4.69, 9.17) is 4.74 Å². The molecule has 5 nitrogen and oxygen atoms in total. The number of carbonyl (C=O) groups excluding carboxylic acids is 2. The maximum absolute atomic E-state index is 12.5. The molecule has 0 saturated heterocycles. The van der Waals surface area contributed by atoms with Gasteiger partial charge in [0.15, 0.2) is 6.10 Å². The predicted molar refractivity (Wildman–Crippen MR) is 103 cm³/mol. The van der Waals surface area contributed by atoms with Crippen molar-refractivity contribution in [1.82, 2.24) is 0 Å². The van der Waals surface area contributed by atoms with Gasteiger partial charge in [-0.15, -0.1) is 22.7 Å². The Morgan fingerprint density at radius 1 is 1.31 bits per heavy atom. The van der Waals surface area contributed by atoms with Gasteiger partial charge in [-0.25, -0.2) is 4.79 Å². The molecule has 1 unspecified atom stereocenters. The van der Waals surface area contributed by atoms with E-state index < -0.39 is 18.0 Å². The van der Waals surface area contributed by atoms with Crippen LogP contribution >= 0.6 is 22.7 Å². The molecule has 0 saturated carbocycles. The summed E-state index contributed by atoms with van der Waals surface area (Å²) < 4.78 is 5.29. The quantitative estimate of drug-likeness (QED) is 0.620. The third-order valence-electron chi connectivity index (χ3n) is 4.47. The van der Waals surface area contributed by atoms with Crippen LogP contribution in [-0.4, -0.2) is 18.0 Å². The topological polar surface area (TPSA) is 79.2 Å². The number of esters is 1. The van der Waals surface area contributed by atoms with Gasteiger partial charge < -0.3 is 10.1 Å².